The molecule has 0 aliphatic carbocycles. The molecule has 0 amide bonds. The number of aliphatic hydroxyl groups is 1. The van der Waals surface area contributed by atoms with Crippen LogP contribution in [0.4, 0.5) is 11.8 Å². The van der Waals surface area contributed by atoms with E-state index >= 15 is 0 Å². The van der Waals surface area contributed by atoms with E-state index in [1.165, 1.54) is 0 Å². The third-order valence-corrected chi connectivity index (χ3v) is 6.16. The topological polar surface area (TPSA) is 109 Å². The Balaban J connectivity index is 1.70. The molecule has 5 heterocycles. The highest BCUT2D eigenvalue weighted by Gasteiger charge is 2.24. The quantitative estimate of drug-likeness (QED) is 0.499. The summed E-state index contributed by atoms with van der Waals surface area (Å²) in [6, 6.07) is 3.98. The number of hydrogen-bond donors (Lipinski definition) is 3. The number of aliphatic hydroxyl groups excluding tert-OH is 1. The summed E-state index contributed by atoms with van der Waals surface area (Å²) >= 11 is 1.66. The molecule has 0 unspecified atom stereocenters. The van der Waals surface area contributed by atoms with Gasteiger partial charge < -0.3 is 20.3 Å². The van der Waals surface area contributed by atoms with Crippen molar-refractivity contribution in [3.8, 4) is 10.6 Å². The second kappa shape index (κ2) is 5.68. The molecule has 9 heteroatoms. The molecule has 0 aromatic carbocycles. The molecule has 0 atom stereocenters. The number of pyridine rings is 1. The van der Waals surface area contributed by atoms with Crippen molar-refractivity contribution in [3.63, 3.8) is 0 Å². The molecule has 1 aliphatic heterocycles. The average molecular weight is 369 g/mol. The van der Waals surface area contributed by atoms with Crippen LogP contribution in [-0.4, -0.2) is 49.0 Å². The first-order chi connectivity index (χ1) is 12.6. The Morgan fingerprint density at radius 1 is 1.31 bits per heavy atom. The van der Waals surface area contributed by atoms with E-state index in [0.717, 1.165) is 63.7 Å². The van der Waals surface area contributed by atoms with Crippen LogP contribution in [0.5, 0.6) is 0 Å². The number of aromatic nitrogens is 5. The average Bonchev–Trinajstić information content (AvgIpc) is 3.34. The first-order valence-corrected chi connectivity index (χ1v) is 9.41. The Morgan fingerprint density at radius 2 is 2.12 bits per heavy atom. The fourth-order valence-electron chi connectivity index (χ4n) is 3.62. The van der Waals surface area contributed by atoms with Crippen molar-refractivity contribution in [2.24, 2.45) is 7.05 Å². The van der Waals surface area contributed by atoms with Crippen LogP contribution in [0.2, 0.25) is 0 Å². The lowest BCUT2D eigenvalue weighted by Crippen LogP contribution is -2.37. The maximum Gasteiger partial charge on any atom is 0.206 e. The third-order valence-electron chi connectivity index (χ3n) is 5.00. The summed E-state index contributed by atoms with van der Waals surface area (Å²) in [7, 11) is 2.02. The van der Waals surface area contributed by atoms with Crippen molar-refractivity contribution in [1.82, 2.24) is 24.7 Å². The number of aryl methyl sites for hydroxylation is 1. The molecule has 0 bridgehead atoms. The van der Waals surface area contributed by atoms with Crippen LogP contribution in [0.3, 0.4) is 0 Å². The van der Waals surface area contributed by atoms with Crippen LogP contribution in [0.15, 0.2) is 18.3 Å². The molecule has 1 aliphatic rings. The fraction of sp³-hybridized carbons (Fsp3) is 0.353. The van der Waals surface area contributed by atoms with Gasteiger partial charge in [-0.3, -0.25) is 5.10 Å². The summed E-state index contributed by atoms with van der Waals surface area (Å²) in [5.41, 5.74) is 9.80. The Bertz CT molecular complexity index is 1090. The van der Waals surface area contributed by atoms with Gasteiger partial charge in [0.15, 0.2) is 5.82 Å². The highest BCUT2D eigenvalue weighted by atomic mass is 32.1. The van der Waals surface area contributed by atoms with E-state index in [9.17, 15) is 5.11 Å². The van der Waals surface area contributed by atoms with Crippen molar-refractivity contribution in [1.29, 1.82) is 0 Å². The van der Waals surface area contributed by atoms with E-state index in [1.54, 1.807) is 17.5 Å². The van der Waals surface area contributed by atoms with Gasteiger partial charge in [0.1, 0.15) is 5.52 Å². The van der Waals surface area contributed by atoms with Gasteiger partial charge in [-0.2, -0.15) is 5.10 Å². The number of fused-ring (bicyclic) bond motifs is 3. The number of nitrogen functional groups attached to an aromatic ring is 1. The molecule has 4 aromatic rings. The Kier molecular flexibility index (Phi) is 3.41. The van der Waals surface area contributed by atoms with Crippen LogP contribution >= 0.6 is 11.3 Å². The van der Waals surface area contributed by atoms with E-state index in [2.05, 4.69) is 24.6 Å². The summed E-state index contributed by atoms with van der Waals surface area (Å²) < 4.78 is 3.16. The highest BCUT2D eigenvalue weighted by Crippen LogP contribution is 2.39. The zero-order valence-corrected chi connectivity index (χ0v) is 15.1. The number of nitrogens with two attached hydrogens (primary N) is 1. The van der Waals surface area contributed by atoms with Crippen LogP contribution in [-0.2, 0) is 7.05 Å². The van der Waals surface area contributed by atoms with Crippen molar-refractivity contribution < 1.29 is 5.11 Å². The monoisotopic (exact) mass is 369 g/mol. The summed E-state index contributed by atoms with van der Waals surface area (Å²) in [6.45, 7) is 1.58. The van der Waals surface area contributed by atoms with Gasteiger partial charge in [0, 0.05) is 26.3 Å². The molecule has 0 saturated carbocycles. The predicted octanol–water partition coefficient (Wildman–Crippen LogP) is 2.12. The molecular weight excluding hydrogens is 350 g/mol. The number of thiophene rings is 1. The first kappa shape index (κ1) is 15.6. The van der Waals surface area contributed by atoms with E-state index in [-0.39, 0.29) is 6.10 Å². The number of nitrogens with zero attached hydrogens (tertiary/aromatic N) is 5. The predicted molar refractivity (Wildman–Crippen MR) is 103 cm³/mol. The van der Waals surface area contributed by atoms with Crippen molar-refractivity contribution >= 4 is 44.4 Å². The lowest BCUT2D eigenvalue weighted by Gasteiger charge is -2.30. The number of nitrogens with one attached hydrogen (secondary N) is 1. The maximum absolute atomic E-state index is 9.77. The SMILES string of the molecule is Cn1c(N2CCC(O)CC2)nc2c(N)nc3cc(-c4ccn[nH]4)sc3c21. The number of H-pyrrole nitrogens is 1. The smallest absolute Gasteiger partial charge is 0.206 e. The molecule has 134 valence electrons. The van der Waals surface area contributed by atoms with Gasteiger partial charge in [-0.1, -0.05) is 0 Å². The molecule has 8 nitrogen and oxygen atoms in total. The largest absolute Gasteiger partial charge is 0.393 e. The maximum atomic E-state index is 9.77. The second-order valence-corrected chi connectivity index (χ2v) is 7.73. The minimum Gasteiger partial charge on any atom is -0.393 e. The summed E-state index contributed by atoms with van der Waals surface area (Å²) in [5, 5.41) is 16.8. The number of aromatic amines is 1. The van der Waals surface area contributed by atoms with Gasteiger partial charge >= 0.3 is 0 Å². The van der Waals surface area contributed by atoms with E-state index in [0.29, 0.717) is 5.82 Å². The van der Waals surface area contributed by atoms with Crippen molar-refractivity contribution in [3.05, 3.63) is 18.3 Å². The van der Waals surface area contributed by atoms with Gasteiger partial charge in [-0.05, 0) is 25.0 Å². The molecule has 1 saturated heterocycles. The van der Waals surface area contributed by atoms with Crippen molar-refractivity contribution in [2.75, 3.05) is 23.7 Å². The van der Waals surface area contributed by atoms with E-state index in [4.69, 9.17) is 10.7 Å². The van der Waals surface area contributed by atoms with Gasteiger partial charge in [0.2, 0.25) is 5.95 Å². The lowest BCUT2D eigenvalue weighted by atomic mass is 10.1. The number of anilines is 2. The standard InChI is InChI=1S/C17H19N7OS/c1-23-14-13(21-17(23)24-6-3-9(25)4-7-24)16(18)20-11-8-12(26-15(11)14)10-2-5-19-22-10/h2,5,8-9,25H,3-4,6-7H2,1H3,(H2,18,20)(H,19,22). The molecule has 1 fully saturated rings. The van der Waals surface area contributed by atoms with E-state index < -0.39 is 0 Å². The second-order valence-electron chi connectivity index (χ2n) is 6.68. The Labute approximate surface area is 153 Å². The molecule has 5 rings (SSSR count). The fourth-order valence-corrected chi connectivity index (χ4v) is 4.77. The van der Waals surface area contributed by atoms with Crippen LogP contribution in [0.1, 0.15) is 12.8 Å². The Hall–Kier alpha value is -2.65. The summed E-state index contributed by atoms with van der Waals surface area (Å²) in [6.07, 6.45) is 3.04. The van der Waals surface area contributed by atoms with Crippen LogP contribution in [0, 0.1) is 0 Å². The zero-order chi connectivity index (χ0) is 17.8. The lowest BCUT2D eigenvalue weighted by molar-refractivity contribution is 0.145. The number of piperidine rings is 1. The molecule has 4 N–H and O–H groups in total. The Morgan fingerprint density at radius 3 is 2.85 bits per heavy atom. The molecular formula is C17H19N7OS. The van der Waals surface area contributed by atoms with Crippen molar-refractivity contribution in [2.45, 2.75) is 18.9 Å². The number of imidazole rings is 1. The normalized spacial score (nSPS) is 16.2. The highest BCUT2D eigenvalue weighted by molar-refractivity contribution is 7.23. The molecule has 0 spiro atoms. The van der Waals surface area contributed by atoms with E-state index in [1.807, 2.05) is 19.2 Å². The third kappa shape index (κ3) is 2.27. The minimum atomic E-state index is -0.214. The number of rotatable bonds is 2. The minimum absolute atomic E-state index is 0.214. The number of hydrogen-bond acceptors (Lipinski definition) is 7. The molecule has 0 radical (unpaired) electrons. The molecule has 4 aromatic heterocycles. The summed E-state index contributed by atoms with van der Waals surface area (Å²) in [4.78, 5) is 12.6. The first-order valence-electron chi connectivity index (χ1n) is 8.60. The van der Waals surface area contributed by atoms with Gasteiger partial charge in [0.25, 0.3) is 0 Å². The van der Waals surface area contributed by atoms with Gasteiger partial charge in [0.05, 0.1) is 32.4 Å². The van der Waals surface area contributed by atoms with Crippen LogP contribution in [0.25, 0.3) is 31.8 Å². The van der Waals surface area contributed by atoms with Crippen LogP contribution < -0.4 is 10.6 Å². The molecule has 26 heavy (non-hydrogen) atoms. The van der Waals surface area contributed by atoms with Gasteiger partial charge in [-0.25, -0.2) is 9.97 Å². The summed E-state index contributed by atoms with van der Waals surface area (Å²) in [5.74, 6) is 1.32. The van der Waals surface area contributed by atoms with Gasteiger partial charge in [-0.15, -0.1) is 11.3 Å². The zero-order valence-electron chi connectivity index (χ0n) is 14.3.